The average Bonchev–Trinajstić information content (AvgIpc) is 2.52. The lowest BCUT2D eigenvalue weighted by molar-refractivity contribution is 0.292. The molecular formula is C22H45. The molecular weight excluding hydrogens is 264 g/mol. The smallest absolute Gasteiger partial charge is 0.0295 e. The van der Waals surface area contributed by atoms with Crippen LogP contribution in [0.2, 0.25) is 0 Å². The van der Waals surface area contributed by atoms with Crippen molar-refractivity contribution >= 4 is 0 Å². The van der Waals surface area contributed by atoms with Crippen molar-refractivity contribution in [1.82, 2.24) is 0 Å². The SMILES string of the molecule is CCCCCCC(C)([CH]CCCC(C)CCCC)CCCC. The molecule has 0 aromatic heterocycles. The van der Waals surface area contributed by atoms with Crippen molar-refractivity contribution in [1.29, 1.82) is 0 Å². The van der Waals surface area contributed by atoms with Gasteiger partial charge < -0.3 is 0 Å². The van der Waals surface area contributed by atoms with Crippen molar-refractivity contribution in [2.24, 2.45) is 11.3 Å². The molecule has 0 heterocycles. The molecule has 0 N–H and O–H groups in total. The minimum Gasteiger partial charge on any atom is -0.0654 e. The van der Waals surface area contributed by atoms with Gasteiger partial charge in [0, 0.05) is 0 Å². The molecule has 2 unspecified atom stereocenters. The fourth-order valence-electron chi connectivity index (χ4n) is 3.48. The van der Waals surface area contributed by atoms with Crippen LogP contribution in [0.5, 0.6) is 0 Å². The number of unbranched alkanes of at least 4 members (excludes halogenated alkanes) is 6. The molecule has 1 radical (unpaired) electrons. The summed E-state index contributed by atoms with van der Waals surface area (Å²) in [5.41, 5.74) is 0.510. The van der Waals surface area contributed by atoms with Gasteiger partial charge in [-0.25, -0.2) is 0 Å². The van der Waals surface area contributed by atoms with E-state index in [2.05, 4.69) is 41.0 Å². The quantitative estimate of drug-likeness (QED) is 0.251. The maximum atomic E-state index is 2.70. The molecule has 0 saturated carbocycles. The van der Waals surface area contributed by atoms with Gasteiger partial charge in [0.15, 0.2) is 0 Å². The second-order valence-corrected chi connectivity index (χ2v) is 7.95. The van der Waals surface area contributed by atoms with Crippen molar-refractivity contribution in [3.05, 3.63) is 6.42 Å². The van der Waals surface area contributed by atoms with Crippen molar-refractivity contribution in [2.45, 2.75) is 125 Å². The molecule has 0 aromatic rings. The van der Waals surface area contributed by atoms with E-state index in [1.165, 1.54) is 89.9 Å². The molecule has 0 bridgehead atoms. The fraction of sp³-hybridized carbons (Fsp3) is 0.955. The Bertz CT molecular complexity index is 220. The summed E-state index contributed by atoms with van der Waals surface area (Å²) in [4.78, 5) is 0. The Kier molecular flexibility index (Phi) is 14.6. The van der Waals surface area contributed by atoms with Crippen LogP contribution < -0.4 is 0 Å². The van der Waals surface area contributed by atoms with Crippen LogP contribution in [-0.2, 0) is 0 Å². The Labute approximate surface area is 142 Å². The van der Waals surface area contributed by atoms with Gasteiger partial charge in [-0.15, -0.1) is 0 Å². The van der Waals surface area contributed by atoms with Crippen LogP contribution in [-0.4, -0.2) is 0 Å². The summed E-state index contributed by atoms with van der Waals surface area (Å²) < 4.78 is 0. The topological polar surface area (TPSA) is 0 Å². The standard InChI is InChI=1S/C22H45/c1-6-9-12-14-19-22(5,18-11-8-3)20-15-13-17-21(4)16-10-7-2/h20-21H,6-19H2,1-5H3. The van der Waals surface area contributed by atoms with E-state index < -0.39 is 0 Å². The second kappa shape index (κ2) is 14.6. The molecule has 0 aliphatic heterocycles. The molecule has 0 fully saturated rings. The minimum atomic E-state index is 0.510. The van der Waals surface area contributed by atoms with Crippen LogP contribution in [0.25, 0.3) is 0 Å². The lowest BCUT2D eigenvalue weighted by atomic mass is 9.76. The predicted molar refractivity (Wildman–Crippen MR) is 103 cm³/mol. The van der Waals surface area contributed by atoms with E-state index in [1.54, 1.807) is 0 Å². The zero-order valence-electron chi connectivity index (χ0n) is 16.6. The van der Waals surface area contributed by atoms with Crippen LogP contribution in [0.1, 0.15) is 125 Å². The average molecular weight is 310 g/mol. The van der Waals surface area contributed by atoms with Crippen molar-refractivity contribution in [3.8, 4) is 0 Å². The van der Waals surface area contributed by atoms with Gasteiger partial charge in [-0.2, -0.15) is 0 Å². The van der Waals surface area contributed by atoms with Crippen LogP contribution in [0.4, 0.5) is 0 Å². The molecule has 0 aromatic carbocycles. The number of hydrogen-bond acceptors (Lipinski definition) is 0. The fourth-order valence-corrected chi connectivity index (χ4v) is 3.48. The molecule has 0 nitrogen and oxygen atoms in total. The minimum absolute atomic E-state index is 0.510. The van der Waals surface area contributed by atoms with E-state index in [1.807, 2.05) is 0 Å². The first-order valence-corrected chi connectivity index (χ1v) is 10.4. The van der Waals surface area contributed by atoms with E-state index in [0.29, 0.717) is 5.41 Å². The third-order valence-electron chi connectivity index (χ3n) is 5.29. The van der Waals surface area contributed by atoms with Gasteiger partial charge in [-0.05, 0) is 37.0 Å². The molecule has 0 spiro atoms. The van der Waals surface area contributed by atoms with Crippen molar-refractivity contribution in [3.63, 3.8) is 0 Å². The first-order chi connectivity index (χ1) is 10.6. The molecule has 0 heteroatoms. The molecule has 22 heavy (non-hydrogen) atoms. The summed E-state index contributed by atoms with van der Waals surface area (Å²) in [6, 6.07) is 0. The molecule has 0 aliphatic carbocycles. The molecule has 133 valence electrons. The Hall–Kier alpha value is 0. The lowest BCUT2D eigenvalue weighted by Crippen LogP contribution is -2.17. The van der Waals surface area contributed by atoms with Crippen LogP contribution >= 0.6 is 0 Å². The highest BCUT2D eigenvalue weighted by Crippen LogP contribution is 2.35. The Morgan fingerprint density at radius 1 is 0.727 bits per heavy atom. The summed E-state index contributed by atoms with van der Waals surface area (Å²) in [6.45, 7) is 11.9. The summed E-state index contributed by atoms with van der Waals surface area (Å²) in [5.74, 6) is 0.930. The Balaban J connectivity index is 3.95. The summed E-state index contributed by atoms with van der Waals surface area (Å²) >= 11 is 0. The zero-order valence-corrected chi connectivity index (χ0v) is 16.6. The summed E-state index contributed by atoms with van der Waals surface area (Å²) in [7, 11) is 0. The maximum Gasteiger partial charge on any atom is -0.0295 e. The monoisotopic (exact) mass is 309 g/mol. The Morgan fingerprint density at radius 3 is 1.95 bits per heavy atom. The highest BCUT2D eigenvalue weighted by molar-refractivity contribution is 4.88. The number of hydrogen-bond donors (Lipinski definition) is 0. The van der Waals surface area contributed by atoms with Gasteiger partial charge in [0.25, 0.3) is 0 Å². The largest absolute Gasteiger partial charge is 0.0654 e. The van der Waals surface area contributed by atoms with E-state index in [-0.39, 0.29) is 0 Å². The van der Waals surface area contributed by atoms with E-state index in [0.717, 1.165) is 5.92 Å². The highest BCUT2D eigenvalue weighted by Gasteiger charge is 2.22. The van der Waals surface area contributed by atoms with Crippen LogP contribution in [0, 0.1) is 17.8 Å². The van der Waals surface area contributed by atoms with E-state index in [9.17, 15) is 0 Å². The third kappa shape index (κ3) is 12.5. The first kappa shape index (κ1) is 22.0. The lowest BCUT2D eigenvalue weighted by Gasteiger charge is -2.30. The molecule has 0 aliphatic rings. The van der Waals surface area contributed by atoms with Gasteiger partial charge in [0.2, 0.25) is 0 Å². The van der Waals surface area contributed by atoms with Gasteiger partial charge >= 0.3 is 0 Å². The van der Waals surface area contributed by atoms with E-state index >= 15 is 0 Å². The van der Waals surface area contributed by atoms with Crippen molar-refractivity contribution < 1.29 is 0 Å². The molecule has 0 saturated heterocycles. The molecule has 2 atom stereocenters. The van der Waals surface area contributed by atoms with Gasteiger partial charge in [0.1, 0.15) is 0 Å². The second-order valence-electron chi connectivity index (χ2n) is 7.95. The Morgan fingerprint density at radius 2 is 1.32 bits per heavy atom. The van der Waals surface area contributed by atoms with Gasteiger partial charge in [-0.1, -0.05) is 105 Å². The maximum absolute atomic E-state index is 2.70. The first-order valence-electron chi connectivity index (χ1n) is 10.4. The molecule has 0 amide bonds. The van der Waals surface area contributed by atoms with Gasteiger partial charge in [0.05, 0.1) is 0 Å². The van der Waals surface area contributed by atoms with E-state index in [4.69, 9.17) is 0 Å². The normalized spacial score (nSPS) is 15.7. The van der Waals surface area contributed by atoms with Gasteiger partial charge in [-0.3, -0.25) is 0 Å². The summed E-state index contributed by atoms with van der Waals surface area (Å²) in [6.07, 6.45) is 22.2. The highest BCUT2D eigenvalue weighted by atomic mass is 14.3. The third-order valence-corrected chi connectivity index (χ3v) is 5.29. The zero-order chi connectivity index (χ0) is 16.7. The number of rotatable bonds is 16. The summed E-state index contributed by atoms with van der Waals surface area (Å²) in [5, 5.41) is 0. The predicted octanol–water partition coefficient (Wildman–Crippen LogP) is 8.35. The van der Waals surface area contributed by atoms with Crippen LogP contribution in [0.15, 0.2) is 0 Å². The van der Waals surface area contributed by atoms with Crippen molar-refractivity contribution in [2.75, 3.05) is 0 Å². The molecule has 0 rings (SSSR count). The van der Waals surface area contributed by atoms with Crippen LogP contribution in [0.3, 0.4) is 0 Å².